The number of benzene rings is 1. The van der Waals surface area contributed by atoms with Crippen molar-refractivity contribution in [3.05, 3.63) is 52.3 Å². The Hall–Kier alpha value is -3.09. The third-order valence-electron chi connectivity index (χ3n) is 4.13. The third-order valence-corrected chi connectivity index (χ3v) is 4.13. The molecule has 0 fully saturated rings. The summed E-state index contributed by atoms with van der Waals surface area (Å²) in [6.07, 6.45) is -1.02. The summed E-state index contributed by atoms with van der Waals surface area (Å²) in [4.78, 5) is 39.7. The maximum atomic E-state index is 12.7. The molecule has 1 N–H and O–H groups in total. The normalized spacial score (nSPS) is 11.6. The van der Waals surface area contributed by atoms with Gasteiger partial charge in [0.15, 0.2) is 6.10 Å². The van der Waals surface area contributed by atoms with Gasteiger partial charge < -0.3 is 19.2 Å². The number of rotatable bonds is 7. The molecule has 2 aromatic rings. The molecule has 0 aliphatic carbocycles. The van der Waals surface area contributed by atoms with Gasteiger partial charge in [-0.1, -0.05) is 0 Å². The van der Waals surface area contributed by atoms with E-state index in [9.17, 15) is 14.4 Å². The highest BCUT2D eigenvalue weighted by molar-refractivity contribution is 6.04. The number of ether oxygens (including phenoxy) is 3. The van der Waals surface area contributed by atoms with Gasteiger partial charge in [0.1, 0.15) is 5.75 Å². The molecule has 0 unspecified atom stereocenters. The first-order valence-corrected chi connectivity index (χ1v) is 8.55. The van der Waals surface area contributed by atoms with E-state index in [0.29, 0.717) is 34.7 Å². The Morgan fingerprint density at radius 2 is 1.70 bits per heavy atom. The van der Waals surface area contributed by atoms with Crippen molar-refractivity contribution in [1.82, 2.24) is 4.98 Å². The minimum Gasteiger partial charge on any atom is -0.494 e. The Balaban J connectivity index is 2.13. The number of hydrogen-bond acceptors (Lipinski definition) is 6. The fourth-order valence-electron chi connectivity index (χ4n) is 2.74. The van der Waals surface area contributed by atoms with Crippen LogP contribution in [0, 0.1) is 13.8 Å². The van der Waals surface area contributed by atoms with Crippen LogP contribution in [0.1, 0.15) is 56.3 Å². The number of carbonyl (C=O) groups excluding carboxylic acids is 3. The van der Waals surface area contributed by atoms with Gasteiger partial charge in [0, 0.05) is 5.69 Å². The van der Waals surface area contributed by atoms with Crippen LogP contribution < -0.4 is 4.74 Å². The summed E-state index contributed by atoms with van der Waals surface area (Å²) in [5, 5.41) is 0. The fraction of sp³-hybridized carbons (Fsp3) is 0.350. The van der Waals surface area contributed by atoms with E-state index in [1.165, 1.54) is 14.0 Å². The maximum Gasteiger partial charge on any atom is 0.339 e. The number of aromatic nitrogens is 1. The lowest BCUT2D eigenvalue weighted by molar-refractivity contribution is 0.0316. The zero-order valence-electron chi connectivity index (χ0n) is 16.0. The predicted molar refractivity (Wildman–Crippen MR) is 98.4 cm³/mol. The number of Topliss-reactive ketones (excluding diaryl/α,β-unsaturated/α-hetero) is 1. The van der Waals surface area contributed by atoms with Crippen molar-refractivity contribution in [2.75, 3.05) is 13.7 Å². The van der Waals surface area contributed by atoms with Gasteiger partial charge in [0.25, 0.3) is 0 Å². The standard InChI is InChI=1S/C20H23NO6/c1-6-26-15-9-7-14(8-10-15)19(23)27-13(4)18(22)17-11(2)16(12(3)21-17)20(24)25-5/h7-10,13,21H,6H2,1-5H3/t13-/m0/s1. The molecular weight excluding hydrogens is 350 g/mol. The van der Waals surface area contributed by atoms with Gasteiger partial charge in [0.2, 0.25) is 5.78 Å². The summed E-state index contributed by atoms with van der Waals surface area (Å²) in [6.45, 7) is 7.20. The molecule has 27 heavy (non-hydrogen) atoms. The van der Waals surface area contributed by atoms with Gasteiger partial charge in [-0.15, -0.1) is 0 Å². The molecule has 1 aromatic heterocycles. The van der Waals surface area contributed by atoms with Gasteiger partial charge in [-0.25, -0.2) is 9.59 Å². The SMILES string of the molecule is CCOc1ccc(C(=O)O[C@@H](C)C(=O)c2[nH]c(C)c(C(=O)OC)c2C)cc1. The minimum atomic E-state index is -1.02. The third kappa shape index (κ3) is 4.36. The van der Waals surface area contributed by atoms with Crippen molar-refractivity contribution in [1.29, 1.82) is 0 Å². The lowest BCUT2D eigenvalue weighted by atomic mass is 10.1. The van der Waals surface area contributed by atoms with Crippen LogP contribution in [0.15, 0.2) is 24.3 Å². The smallest absolute Gasteiger partial charge is 0.339 e. The molecule has 0 saturated heterocycles. The van der Waals surface area contributed by atoms with Crippen molar-refractivity contribution in [2.45, 2.75) is 33.8 Å². The zero-order valence-corrected chi connectivity index (χ0v) is 16.0. The molecule has 1 atom stereocenters. The number of H-pyrrole nitrogens is 1. The summed E-state index contributed by atoms with van der Waals surface area (Å²) in [5.41, 5.74) is 1.83. The molecule has 1 aromatic carbocycles. The number of aryl methyl sites for hydroxylation is 1. The number of aromatic amines is 1. The van der Waals surface area contributed by atoms with Gasteiger partial charge in [-0.3, -0.25) is 4.79 Å². The van der Waals surface area contributed by atoms with Crippen molar-refractivity contribution >= 4 is 17.7 Å². The minimum absolute atomic E-state index is 0.222. The van der Waals surface area contributed by atoms with Crippen LogP contribution in [0.25, 0.3) is 0 Å². The second-order valence-electron chi connectivity index (χ2n) is 5.99. The monoisotopic (exact) mass is 373 g/mol. The molecule has 0 saturated carbocycles. The van der Waals surface area contributed by atoms with E-state index in [-0.39, 0.29) is 5.69 Å². The van der Waals surface area contributed by atoms with E-state index in [1.54, 1.807) is 38.1 Å². The van der Waals surface area contributed by atoms with Gasteiger partial charge in [-0.2, -0.15) is 0 Å². The molecule has 2 rings (SSSR count). The number of nitrogens with one attached hydrogen (secondary N) is 1. The van der Waals surface area contributed by atoms with E-state index in [1.807, 2.05) is 6.92 Å². The molecule has 0 aliphatic rings. The molecule has 0 spiro atoms. The largest absolute Gasteiger partial charge is 0.494 e. The molecule has 7 heteroatoms. The van der Waals surface area contributed by atoms with E-state index in [4.69, 9.17) is 14.2 Å². The summed E-state index contributed by atoms with van der Waals surface area (Å²) < 4.78 is 15.3. The van der Waals surface area contributed by atoms with E-state index >= 15 is 0 Å². The van der Waals surface area contributed by atoms with Crippen LogP contribution in [0.5, 0.6) is 5.75 Å². The number of methoxy groups -OCH3 is 1. The topological polar surface area (TPSA) is 94.7 Å². The van der Waals surface area contributed by atoms with Crippen molar-refractivity contribution in [3.63, 3.8) is 0 Å². The highest BCUT2D eigenvalue weighted by Gasteiger charge is 2.27. The van der Waals surface area contributed by atoms with Crippen LogP contribution in [0.3, 0.4) is 0 Å². The number of carbonyl (C=O) groups is 3. The first kappa shape index (κ1) is 20.2. The molecule has 7 nitrogen and oxygen atoms in total. The van der Waals surface area contributed by atoms with Crippen LogP contribution in [-0.2, 0) is 9.47 Å². The lowest BCUT2D eigenvalue weighted by Crippen LogP contribution is -2.25. The molecule has 0 amide bonds. The number of esters is 2. The Kier molecular flexibility index (Phi) is 6.39. The zero-order chi connectivity index (χ0) is 20.1. The summed E-state index contributed by atoms with van der Waals surface area (Å²) >= 11 is 0. The van der Waals surface area contributed by atoms with Crippen LogP contribution in [0.2, 0.25) is 0 Å². The van der Waals surface area contributed by atoms with Gasteiger partial charge in [-0.05, 0) is 57.5 Å². The molecule has 0 bridgehead atoms. The molecule has 0 radical (unpaired) electrons. The fourth-order valence-corrected chi connectivity index (χ4v) is 2.74. The summed E-state index contributed by atoms with van der Waals surface area (Å²) in [5.74, 6) is -0.927. The van der Waals surface area contributed by atoms with Crippen LogP contribution in [0.4, 0.5) is 0 Å². The van der Waals surface area contributed by atoms with Crippen molar-refractivity contribution in [3.8, 4) is 5.75 Å². The number of hydrogen-bond donors (Lipinski definition) is 1. The summed E-state index contributed by atoms with van der Waals surface area (Å²) in [6, 6.07) is 6.47. The quantitative estimate of drug-likeness (QED) is 0.591. The van der Waals surface area contributed by atoms with Gasteiger partial charge in [0.05, 0.1) is 30.5 Å². The number of ketones is 1. The first-order chi connectivity index (χ1) is 12.8. The maximum absolute atomic E-state index is 12.7. The Bertz CT molecular complexity index is 850. The Labute approximate surface area is 157 Å². The van der Waals surface area contributed by atoms with E-state index in [2.05, 4.69) is 4.98 Å². The Morgan fingerprint density at radius 3 is 2.26 bits per heavy atom. The second-order valence-corrected chi connectivity index (χ2v) is 5.99. The predicted octanol–water partition coefficient (Wildman–Crippen LogP) is 3.25. The molecule has 0 aliphatic heterocycles. The average molecular weight is 373 g/mol. The average Bonchev–Trinajstić information content (AvgIpc) is 2.95. The molecular formula is C20H23NO6. The van der Waals surface area contributed by atoms with Crippen molar-refractivity contribution in [2.24, 2.45) is 0 Å². The summed E-state index contributed by atoms with van der Waals surface area (Å²) in [7, 11) is 1.27. The second kappa shape index (κ2) is 8.53. The molecule has 144 valence electrons. The lowest BCUT2D eigenvalue weighted by Gasteiger charge is -2.12. The van der Waals surface area contributed by atoms with Crippen LogP contribution >= 0.6 is 0 Å². The highest BCUT2D eigenvalue weighted by Crippen LogP contribution is 2.21. The van der Waals surface area contributed by atoms with E-state index < -0.39 is 23.8 Å². The van der Waals surface area contributed by atoms with Gasteiger partial charge >= 0.3 is 11.9 Å². The van der Waals surface area contributed by atoms with E-state index in [0.717, 1.165) is 0 Å². The molecule has 1 heterocycles. The van der Waals surface area contributed by atoms with Crippen molar-refractivity contribution < 1.29 is 28.6 Å². The first-order valence-electron chi connectivity index (χ1n) is 8.55. The Morgan fingerprint density at radius 1 is 1.07 bits per heavy atom. The van der Waals surface area contributed by atoms with Crippen LogP contribution in [-0.4, -0.2) is 42.5 Å². The highest BCUT2D eigenvalue weighted by atomic mass is 16.5.